The minimum absolute atomic E-state index is 0.312. The number of aliphatic hydroxyl groups is 1. The normalized spacial score (nSPS) is 14.9. The van der Waals surface area contributed by atoms with Gasteiger partial charge >= 0.3 is 0 Å². The first-order chi connectivity index (χ1) is 24.5. The van der Waals surface area contributed by atoms with Crippen LogP contribution in [0.4, 0.5) is 0 Å². The van der Waals surface area contributed by atoms with Gasteiger partial charge in [-0.15, -0.1) is 0 Å². The molecule has 0 bridgehead atoms. The van der Waals surface area contributed by atoms with E-state index in [-0.39, 0.29) is 0 Å². The molecule has 0 aliphatic heterocycles. The van der Waals surface area contributed by atoms with E-state index in [2.05, 4.69) is 136 Å². The van der Waals surface area contributed by atoms with Gasteiger partial charge in [-0.3, -0.25) is 0 Å². The molecule has 2 N–H and O–H groups in total. The van der Waals surface area contributed by atoms with Crippen LogP contribution in [0, 0.1) is 19.8 Å². The fourth-order valence-electron chi connectivity index (χ4n) is 8.49. The van der Waals surface area contributed by atoms with E-state index in [1.165, 1.54) is 38.6 Å². The molecule has 6 aromatic rings. The molecular weight excluding hydrogens is 621 g/mol. The van der Waals surface area contributed by atoms with Crippen molar-refractivity contribution in [1.82, 2.24) is 0 Å². The smallest absolute Gasteiger partial charge is 0.127 e. The highest BCUT2D eigenvalue weighted by atomic mass is 16.3. The van der Waals surface area contributed by atoms with E-state index in [1.807, 2.05) is 20.8 Å². The first-order valence-corrected chi connectivity index (χ1v) is 18.4. The predicted molar refractivity (Wildman–Crippen MR) is 218 cm³/mol. The molecule has 0 fully saturated rings. The molecule has 0 spiro atoms. The van der Waals surface area contributed by atoms with Crippen molar-refractivity contribution in [3.8, 4) is 28.0 Å². The number of aromatic hydroxyl groups is 1. The van der Waals surface area contributed by atoms with Crippen LogP contribution in [0.5, 0.6) is 5.75 Å². The van der Waals surface area contributed by atoms with Crippen LogP contribution in [0.15, 0.2) is 121 Å². The van der Waals surface area contributed by atoms with E-state index in [0.29, 0.717) is 18.1 Å². The largest absolute Gasteiger partial charge is 0.507 e. The number of benzene rings is 6. The van der Waals surface area contributed by atoms with Gasteiger partial charge in [0, 0.05) is 11.1 Å². The molecule has 0 amide bonds. The quantitative estimate of drug-likeness (QED) is 0.174. The zero-order chi connectivity index (χ0) is 35.6. The van der Waals surface area contributed by atoms with E-state index in [4.69, 9.17) is 0 Å². The molecule has 2 aliphatic carbocycles. The summed E-state index contributed by atoms with van der Waals surface area (Å²) < 4.78 is 0. The molecule has 2 aliphatic rings. The summed E-state index contributed by atoms with van der Waals surface area (Å²) in [5.74, 6) is 0.645. The highest BCUT2D eigenvalue weighted by molar-refractivity contribution is 6.25. The lowest BCUT2D eigenvalue weighted by Crippen LogP contribution is -2.22. The molecule has 0 aromatic heterocycles. The average Bonchev–Trinajstić information content (AvgIpc) is 3.53. The van der Waals surface area contributed by atoms with E-state index >= 15 is 0 Å². The SMILES string of the molecule is Cc1c(C)c2c(c(-c3c4ccccc4c(-c4cc(C5=CC=CCC5)cc5ccccc45)c4ccccc34)c1O)C(/C=C\C(C)C)=C(C(C)(C)O)C2. The summed E-state index contributed by atoms with van der Waals surface area (Å²) in [6.45, 7) is 12.3. The van der Waals surface area contributed by atoms with Gasteiger partial charge in [-0.05, 0) is 153 Å². The first kappa shape index (κ1) is 33.0. The van der Waals surface area contributed by atoms with Gasteiger partial charge in [0.1, 0.15) is 5.75 Å². The fourth-order valence-corrected chi connectivity index (χ4v) is 8.49. The van der Waals surface area contributed by atoms with Crippen molar-refractivity contribution in [1.29, 1.82) is 0 Å². The zero-order valence-electron chi connectivity index (χ0n) is 30.6. The maximum atomic E-state index is 12.4. The number of fused-ring (bicyclic) bond motifs is 4. The van der Waals surface area contributed by atoms with E-state index in [0.717, 1.165) is 73.4 Å². The maximum absolute atomic E-state index is 12.4. The van der Waals surface area contributed by atoms with E-state index in [9.17, 15) is 10.2 Å². The number of rotatable bonds is 6. The highest BCUT2D eigenvalue weighted by Gasteiger charge is 2.36. The molecule has 2 heteroatoms. The third kappa shape index (κ3) is 5.45. The van der Waals surface area contributed by atoms with Crippen molar-refractivity contribution >= 4 is 43.5 Å². The highest BCUT2D eigenvalue weighted by Crippen LogP contribution is 2.54. The molecule has 0 saturated carbocycles. The molecule has 0 atom stereocenters. The van der Waals surface area contributed by atoms with Crippen LogP contribution in [-0.4, -0.2) is 15.8 Å². The Kier molecular flexibility index (Phi) is 8.12. The lowest BCUT2D eigenvalue weighted by atomic mass is 9.80. The van der Waals surface area contributed by atoms with Crippen molar-refractivity contribution in [3.05, 3.63) is 149 Å². The Labute approximate surface area is 301 Å². The summed E-state index contributed by atoms with van der Waals surface area (Å²) >= 11 is 0. The van der Waals surface area contributed by atoms with Crippen LogP contribution in [0.1, 0.15) is 68.4 Å². The Morgan fingerprint density at radius 2 is 1.33 bits per heavy atom. The standard InChI is InChI=1S/C49H46O2/c1-29(2)24-25-40-43(49(5,6)51)28-41-30(3)31(4)48(50)47(46(40)41)45-38-22-14-12-20-36(38)44(37-21-13-15-23-39(37)45)42-27-34(32-16-8-7-9-17-32)26-33-18-10-11-19-35(33)42/h7-8,10-16,18-27,29,50-51H,9,17,28H2,1-6H3/b25-24-. The third-order valence-corrected chi connectivity index (χ3v) is 11.2. The van der Waals surface area contributed by atoms with Crippen molar-refractivity contribution < 1.29 is 10.2 Å². The van der Waals surface area contributed by atoms with Gasteiger partial charge in [-0.1, -0.05) is 117 Å². The van der Waals surface area contributed by atoms with Crippen molar-refractivity contribution in [2.45, 2.75) is 66.4 Å². The molecule has 0 radical (unpaired) electrons. The summed E-state index contributed by atoms with van der Waals surface area (Å²) in [7, 11) is 0. The molecule has 0 heterocycles. The molecule has 2 nitrogen and oxygen atoms in total. The van der Waals surface area contributed by atoms with Gasteiger partial charge in [-0.2, -0.15) is 0 Å². The maximum Gasteiger partial charge on any atom is 0.127 e. The second-order valence-electron chi connectivity index (χ2n) is 15.3. The van der Waals surface area contributed by atoms with Crippen molar-refractivity contribution in [2.24, 2.45) is 5.92 Å². The third-order valence-electron chi connectivity index (χ3n) is 11.2. The molecule has 8 rings (SSSR count). The van der Waals surface area contributed by atoms with Crippen LogP contribution in [0.3, 0.4) is 0 Å². The predicted octanol–water partition coefficient (Wildman–Crippen LogP) is 12.8. The Balaban J connectivity index is 1.53. The molecular formula is C49H46O2. The van der Waals surface area contributed by atoms with Gasteiger partial charge < -0.3 is 10.2 Å². The zero-order valence-corrected chi connectivity index (χ0v) is 30.6. The van der Waals surface area contributed by atoms with Gasteiger partial charge in [0.2, 0.25) is 0 Å². The minimum atomic E-state index is -1.02. The summed E-state index contributed by atoms with van der Waals surface area (Å²) in [4.78, 5) is 0. The van der Waals surface area contributed by atoms with Gasteiger partial charge in [0.05, 0.1) is 5.60 Å². The van der Waals surface area contributed by atoms with Gasteiger partial charge in [-0.25, -0.2) is 0 Å². The lowest BCUT2D eigenvalue weighted by Gasteiger charge is -2.24. The number of phenols is 1. The monoisotopic (exact) mass is 666 g/mol. The molecule has 51 heavy (non-hydrogen) atoms. The summed E-state index contributed by atoms with van der Waals surface area (Å²) in [5.41, 5.74) is 12.1. The first-order valence-electron chi connectivity index (χ1n) is 18.4. The van der Waals surface area contributed by atoms with E-state index in [1.54, 1.807) is 0 Å². The Morgan fingerprint density at radius 1 is 0.725 bits per heavy atom. The topological polar surface area (TPSA) is 40.5 Å². The summed E-state index contributed by atoms with van der Waals surface area (Å²) in [6.07, 6.45) is 13.8. The Bertz CT molecular complexity index is 2470. The van der Waals surface area contributed by atoms with Crippen molar-refractivity contribution in [3.63, 3.8) is 0 Å². The molecule has 0 unspecified atom stereocenters. The second kappa shape index (κ2) is 12.5. The summed E-state index contributed by atoms with van der Waals surface area (Å²) in [6, 6.07) is 31.0. The van der Waals surface area contributed by atoms with E-state index < -0.39 is 5.60 Å². The number of hydrogen-bond donors (Lipinski definition) is 2. The number of hydrogen-bond acceptors (Lipinski definition) is 2. The summed E-state index contributed by atoms with van der Waals surface area (Å²) in [5, 5.41) is 30.9. The van der Waals surface area contributed by atoms with Gasteiger partial charge in [0.25, 0.3) is 0 Å². The molecule has 254 valence electrons. The van der Waals surface area contributed by atoms with Crippen LogP contribution in [-0.2, 0) is 6.42 Å². The van der Waals surface area contributed by atoms with Crippen LogP contribution in [0.25, 0.3) is 65.7 Å². The van der Waals surface area contributed by atoms with Crippen LogP contribution >= 0.6 is 0 Å². The second-order valence-corrected chi connectivity index (χ2v) is 15.3. The Hall–Kier alpha value is -5.18. The van der Waals surface area contributed by atoms with Crippen LogP contribution < -0.4 is 0 Å². The Morgan fingerprint density at radius 3 is 1.92 bits per heavy atom. The van der Waals surface area contributed by atoms with Crippen LogP contribution in [0.2, 0.25) is 0 Å². The fraction of sp³-hybridized carbons (Fsp3) is 0.224. The lowest BCUT2D eigenvalue weighted by molar-refractivity contribution is 0.118. The number of allylic oxidation sites excluding steroid dienone is 7. The number of phenolic OH excluding ortho intramolecular Hbond substituents is 1. The van der Waals surface area contributed by atoms with Crippen molar-refractivity contribution in [2.75, 3.05) is 0 Å². The minimum Gasteiger partial charge on any atom is -0.507 e. The molecule has 6 aromatic carbocycles. The average molecular weight is 667 g/mol. The van der Waals surface area contributed by atoms with Gasteiger partial charge in [0.15, 0.2) is 0 Å². The molecule has 0 saturated heterocycles.